The van der Waals surface area contributed by atoms with Crippen LogP contribution in [0.4, 0.5) is 0 Å². The molecule has 7 nitrogen and oxygen atoms in total. The maximum Gasteiger partial charge on any atom is 0.338 e. The second-order valence-electron chi connectivity index (χ2n) is 7.96. The van der Waals surface area contributed by atoms with E-state index in [2.05, 4.69) is 15.6 Å². The predicted octanol–water partition coefficient (Wildman–Crippen LogP) is 2.76. The minimum atomic E-state index is -0.656. The van der Waals surface area contributed by atoms with Crippen molar-refractivity contribution >= 4 is 23.4 Å². The molecule has 1 aromatic carbocycles. The summed E-state index contributed by atoms with van der Waals surface area (Å²) in [4.78, 5) is 31.8. The maximum atomic E-state index is 13.7. The highest BCUT2D eigenvalue weighted by atomic mass is 32.1. The van der Waals surface area contributed by atoms with E-state index in [1.54, 1.807) is 25.5 Å². The summed E-state index contributed by atoms with van der Waals surface area (Å²) in [6.45, 7) is 7.83. The van der Waals surface area contributed by atoms with Gasteiger partial charge in [-0.3, -0.25) is 9.36 Å². The Balaban J connectivity index is 1.98. The molecule has 2 aromatic heterocycles. The molecule has 8 heteroatoms. The lowest BCUT2D eigenvalue weighted by Crippen LogP contribution is -2.39. The average molecular weight is 466 g/mol. The zero-order chi connectivity index (χ0) is 23.9. The topological polar surface area (TPSA) is 74.8 Å². The number of esters is 1. The van der Waals surface area contributed by atoms with Crippen molar-refractivity contribution in [3.8, 4) is 5.75 Å². The van der Waals surface area contributed by atoms with Gasteiger partial charge in [0.05, 0.1) is 35.6 Å². The number of aryl methyl sites for hydroxylation is 1. The Kier molecular flexibility index (Phi) is 6.12. The Hall–Kier alpha value is -3.39. The summed E-state index contributed by atoms with van der Waals surface area (Å²) in [6.07, 6.45) is 1.90. The van der Waals surface area contributed by atoms with Crippen molar-refractivity contribution in [3.05, 3.63) is 83.8 Å². The number of nitrogens with zero attached hydrogens (tertiary/aromatic N) is 3. The van der Waals surface area contributed by atoms with Gasteiger partial charge in [-0.1, -0.05) is 23.5 Å². The minimum absolute atomic E-state index is 0.193. The van der Waals surface area contributed by atoms with Crippen LogP contribution in [0, 0.1) is 13.8 Å². The van der Waals surface area contributed by atoms with Crippen LogP contribution in [-0.2, 0) is 16.6 Å². The molecule has 1 aliphatic rings. The van der Waals surface area contributed by atoms with Crippen LogP contribution in [0.1, 0.15) is 42.4 Å². The molecule has 0 saturated heterocycles. The molecular weight excluding hydrogens is 438 g/mol. The molecule has 0 saturated carbocycles. The lowest BCUT2D eigenvalue weighted by atomic mass is 9.95. The van der Waals surface area contributed by atoms with E-state index in [-0.39, 0.29) is 12.2 Å². The van der Waals surface area contributed by atoms with E-state index in [9.17, 15) is 9.59 Å². The van der Waals surface area contributed by atoms with Crippen LogP contribution in [0.25, 0.3) is 6.08 Å². The van der Waals surface area contributed by atoms with Gasteiger partial charge < -0.3 is 14.0 Å². The highest BCUT2D eigenvalue weighted by Gasteiger charge is 2.33. The summed E-state index contributed by atoms with van der Waals surface area (Å²) in [5.74, 6) is 0.165. The van der Waals surface area contributed by atoms with E-state index in [0.29, 0.717) is 26.4 Å². The molecule has 0 amide bonds. The van der Waals surface area contributed by atoms with Gasteiger partial charge in [0.2, 0.25) is 0 Å². The molecule has 0 radical (unpaired) electrons. The monoisotopic (exact) mass is 465 g/mol. The molecule has 0 N–H and O–H groups in total. The second kappa shape index (κ2) is 8.86. The van der Waals surface area contributed by atoms with Crippen molar-refractivity contribution in [3.63, 3.8) is 0 Å². The van der Waals surface area contributed by atoms with Gasteiger partial charge in [0, 0.05) is 18.4 Å². The maximum absolute atomic E-state index is 13.7. The predicted molar refractivity (Wildman–Crippen MR) is 128 cm³/mol. The summed E-state index contributed by atoms with van der Waals surface area (Å²) in [7, 11) is 3.59. The van der Waals surface area contributed by atoms with Crippen LogP contribution < -0.4 is 19.6 Å². The number of aromatic nitrogens is 2. The third-order valence-corrected chi connectivity index (χ3v) is 7.01. The van der Waals surface area contributed by atoms with Crippen LogP contribution in [0.5, 0.6) is 5.75 Å². The second-order valence-corrected chi connectivity index (χ2v) is 8.97. The number of benzene rings is 1. The zero-order valence-electron chi connectivity index (χ0n) is 19.6. The molecule has 33 heavy (non-hydrogen) atoms. The average Bonchev–Trinajstić information content (AvgIpc) is 3.23. The fourth-order valence-electron chi connectivity index (χ4n) is 4.09. The highest BCUT2D eigenvalue weighted by Crippen LogP contribution is 2.32. The van der Waals surface area contributed by atoms with Crippen LogP contribution in [-0.4, -0.2) is 28.8 Å². The van der Waals surface area contributed by atoms with Crippen LogP contribution in [0.2, 0.25) is 0 Å². The molecule has 0 aliphatic carbocycles. The van der Waals surface area contributed by atoms with Crippen molar-refractivity contribution < 1.29 is 14.3 Å². The first-order valence-corrected chi connectivity index (χ1v) is 11.5. The quantitative estimate of drug-likeness (QED) is 0.543. The van der Waals surface area contributed by atoms with Crippen molar-refractivity contribution in [1.29, 1.82) is 0 Å². The zero-order valence-corrected chi connectivity index (χ0v) is 20.4. The molecule has 1 atom stereocenters. The van der Waals surface area contributed by atoms with Gasteiger partial charge in [-0.25, -0.2) is 9.79 Å². The van der Waals surface area contributed by atoms with Crippen LogP contribution in [0.15, 0.2) is 51.4 Å². The van der Waals surface area contributed by atoms with E-state index < -0.39 is 12.0 Å². The smallest absolute Gasteiger partial charge is 0.338 e. The normalized spacial score (nSPS) is 15.9. The SMILES string of the molecule is CCOC(=O)C1=C(C)N=c2s/c(=C/c3cc(C)n(C)c3C)c(=O)n2[C@@H]1c1cccc(OC)c1. The van der Waals surface area contributed by atoms with Crippen molar-refractivity contribution in [2.45, 2.75) is 33.7 Å². The van der Waals surface area contributed by atoms with E-state index in [1.807, 2.05) is 51.2 Å². The highest BCUT2D eigenvalue weighted by molar-refractivity contribution is 7.07. The molecular formula is C25H27N3O4S. The van der Waals surface area contributed by atoms with Gasteiger partial charge in [0.25, 0.3) is 5.56 Å². The minimum Gasteiger partial charge on any atom is -0.497 e. The molecule has 0 bridgehead atoms. The summed E-state index contributed by atoms with van der Waals surface area (Å²) in [6, 6.07) is 8.79. The number of hydrogen-bond donors (Lipinski definition) is 0. The number of hydrogen-bond acceptors (Lipinski definition) is 6. The molecule has 3 heterocycles. The van der Waals surface area contributed by atoms with E-state index in [4.69, 9.17) is 9.47 Å². The number of ether oxygens (including phenoxy) is 2. The number of methoxy groups -OCH3 is 1. The first-order valence-electron chi connectivity index (χ1n) is 10.7. The van der Waals surface area contributed by atoms with Gasteiger partial charge >= 0.3 is 5.97 Å². The lowest BCUT2D eigenvalue weighted by molar-refractivity contribution is -0.139. The van der Waals surface area contributed by atoms with E-state index >= 15 is 0 Å². The van der Waals surface area contributed by atoms with Gasteiger partial charge in [-0.05, 0) is 63.1 Å². The molecule has 0 spiro atoms. The number of rotatable bonds is 5. The third-order valence-electron chi connectivity index (χ3n) is 6.03. The van der Waals surface area contributed by atoms with Crippen molar-refractivity contribution in [1.82, 2.24) is 9.13 Å². The molecule has 172 valence electrons. The summed E-state index contributed by atoms with van der Waals surface area (Å²) >= 11 is 1.32. The van der Waals surface area contributed by atoms with Crippen molar-refractivity contribution in [2.24, 2.45) is 12.0 Å². The molecule has 1 aliphatic heterocycles. The summed E-state index contributed by atoms with van der Waals surface area (Å²) < 4.78 is 15.0. The Morgan fingerprint density at radius 2 is 2.00 bits per heavy atom. The van der Waals surface area contributed by atoms with E-state index in [1.165, 1.54) is 11.3 Å². The molecule has 3 aromatic rings. The summed E-state index contributed by atoms with van der Waals surface area (Å²) in [5.41, 5.74) is 4.64. The standard InChI is InChI=1S/C25H27N3O4S/c1-7-32-24(30)21-15(3)26-25-28(22(21)17-9-8-10-19(12-17)31-6)23(29)20(33-25)13-18-11-14(2)27(5)16(18)4/h8-13,22H,7H2,1-6H3/b20-13+/t22-/m1/s1. The molecule has 0 unspecified atom stereocenters. The summed E-state index contributed by atoms with van der Waals surface area (Å²) in [5, 5.41) is 0. The number of carbonyl (C=O) groups is 1. The first-order chi connectivity index (χ1) is 15.8. The Labute approximate surface area is 195 Å². The van der Waals surface area contributed by atoms with Crippen LogP contribution in [0.3, 0.4) is 0 Å². The molecule has 4 rings (SSSR count). The third kappa shape index (κ3) is 3.95. The van der Waals surface area contributed by atoms with Gasteiger partial charge in [-0.15, -0.1) is 0 Å². The largest absolute Gasteiger partial charge is 0.497 e. The number of carbonyl (C=O) groups excluding carboxylic acids is 1. The van der Waals surface area contributed by atoms with E-state index in [0.717, 1.165) is 22.5 Å². The fraction of sp³-hybridized carbons (Fsp3) is 0.320. The van der Waals surface area contributed by atoms with Gasteiger partial charge in [-0.2, -0.15) is 0 Å². The Morgan fingerprint density at radius 1 is 1.24 bits per heavy atom. The van der Waals surface area contributed by atoms with Crippen molar-refractivity contribution in [2.75, 3.05) is 13.7 Å². The number of allylic oxidation sites excluding steroid dienone is 1. The van der Waals surface area contributed by atoms with Gasteiger partial charge in [0.15, 0.2) is 4.80 Å². The van der Waals surface area contributed by atoms with Gasteiger partial charge in [0.1, 0.15) is 5.75 Å². The van der Waals surface area contributed by atoms with Crippen LogP contribution >= 0.6 is 11.3 Å². The number of fused-ring (bicyclic) bond motifs is 1. The fourth-order valence-corrected chi connectivity index (χ4v) is 5.13. The Bertz CT molecular complexity index is 1460. The molecule has 0 fully saturated rings. The lowest BCUT2D eigenvalue weighted by Gasteiger charge is -2.25. The first kappa shape index (κ1) is 22.8. The Morgan fingerprint density at radius 3 is 2.64 bits per heavy atom. The number of thiazole rings is 1.